The number of halogens is 3. The highest BCUT2D eigenvalue weighted by atomic mass is 32.1. The zero-order valence-electron chi connectivity index (χ0n) is 12.2. The van der Waals surface area contributed by atoms with Crippen molar-refractivity contribution in [2.24, 2.45) is 11.7 Å². The summed E-state index contributed by atoms with van der Waals surface area (Å²) in [5.74, 6) is -0.932. The fourth-order valence-electron chi connectivity index (χ4n) is 2.16. The van der Waals surface area contributed by atoms with Crippen LogP contribution in [0.2, 0.25) is 0 Å². The Bertz CT molecular complexity index is 524. The van der Waals surface area contributed by atoms with Crippen LogP contribution in [0.15, 0.2) is 11.6 Å². The van der Waals surface area contributed by atoms with Crippen molar-refractivity contribution in [1.29, 1.82) is 5.26 Å². The Kier molecular flexibility index (Phi) is 6.32. The molecule has 9 heteroatoms. The summed E-state index contributed by atoms with van der Waals surface area (Å²) >= 11 is 0.826. The smallest absolute Gasteiger partial charge is 0.368 e. The van der Waals surface area contributed by atoms with Gasteiger partial charge in [0.25, 0.3) is 0 Å². The number of carbonyl (C=O) groups is 1. The van der Waals surface area contributed by atoms with Crippen molar-refractivity contribution in [1.82, 2.24) is 9.88 Å². The molecule has 1 amide bonds. The number of carbonyl (C=O) groups excluding carboxylic acids is 1. The highest BCUT2D eigenvalue weighted by molar-refractivity contribution is 7.09. The molecule has 0 bridgehead atoms. The summed E-state index contributed by atoms with van der Waals surface area (Å²) in [5, 5.41) is 10.1. The molecule has 0 aliphatic rings. The first kappa shape index (κ1) is 18.4. The first-order chi connectivity index (χ1) is 10.2. The monoisotopic (exact) mass is 334 g/mol. The molecule has 0 spiro atoms. The highest BCUT2D eigenvalue weighted by Crippen LogP contribution is 2.40. The van der Waals surface area contributed by atoms with Crippen molar-refractivity contribution in [3.63, 3.8) is 0 Å². The van der Waals surface area contributed by atoms with Crippen molar-refractivity contribution < 1.29 is 18.0 Å². The average molecular weight is 334 g/mol. The Hall–Kier alpha value is -1.66. The molecule has 122 valence electrons. The Morgan fingerprint density at radius 1 is 1.55 bits per heavy atom. The lowest BCUT2D eigenvalue weighted by Crippen LogP contribution is -2.51. The number of nitrogens with two attached hydrogens (primary N) is 1. The number of primary amides is 1. The number of nitrogens with zero attached hydrogens (tertiary/aromatic N) is 3. The molecule has 0 aliphatic carbocycles. The van der Waals surface area contributed by atoms with Crippen molar-refractivity contribution >= 4 is 17.2 Å². The standard InChI is InChI=1S/C13H17F3N4OS/c1-8(2)7-9(11(18)21)20(5-3-17)10(13(14,15)16)12-19-4-6-22-12/h4,6,8-10H,5,7H2,1-2H3,(H2,18,21)/t9-,10-/m0/s1. The maximum Gasteiger partial charge on any atom is 0.410 e. The van der Waals surface area contributed by atoms with Gasteiger partial charge in [-0.15, -0.1) is 11.3 Å². The molecule has 0 saturated carbocycles. The molecule has 2 N–H and O–H groups in total. The van der Waals surface area contributed by atoms with Crippen LogP contribution in [-0.2, 0) is 4.79 Å². The minimum absolute atomic E-state index is 0.0520. The van der Waals surface area contributed by atoms with E-state index in [0.29, 0.717) is 0 Å². The zero-order valence-corrected chi connectivity index (χ0v) is 13.0. The van der Waals surface area contributed by atoms with E-state index in [2.05, 4.69) is 4.98 Å². The largest absolute Gasteiger partial charge is 0.410 e. The fraction of sp³-hybridized carbons (Fsp3) is 0.615. The highest BCUT2D eigenvalue weighted by Gasteiger charge is 2.49. The van der Waals surface area contributed by atoms with E-state index < -0.39 is 30.7 Å². The lowest BCUT2D eigenvalue weighted by atomic mass is 10.00. The van der Waals surface area contributed by atoms with Gasteiger partial charge in [-0.05, 0) is 12.3 Å². The fourth-order valence-corrected chi connectivity index (χ4v) is 2.94. The van der Waals surface area contributed by atoms with E-state index in [9.17, 15) is 18.0 Å². The summed E-state index contributed by atoms with van der Waals surface area (Å²) in [6.45, 7) is 2.98. The maximum absolute atomic E-state index is 13.5. The number of thiazole rings is 1. The third kappa shape index (κ3) is 4.68. The molecular weight excluding hydrogens is 317 g/mol. The molecule has 1 aromatic rings. The topological polar surface area (TPSA) is 83.0 Å². The lowest BCUT2D eigenvalue weighted by molar-refractivity contribution is -0.192. The van der Waals surface area contributed by atoms with Gasteiger partial charge in [-0.1, -0.05) is 13.8 Å². The van der Waals surface area contributed by atoms with E-state index in [1.165, 1.54) is 11.6 Å². The predicted octanol–water partition coefficient (Wildman–Crippen LogP) is 2.47. The van der Waals surface area contributed by atoms with Crippen LogP contribution < -0.4 is 5.73 Å². The SMILES string of the molecule is CC(C)C[C@@H](C(N)=O)N(CC#N)[C@@H](c1nccs1)C(F)(F)F. The Balaban J connectivity index is 3.28. The van der Waals surface area contributed by atoms with Gasteiger partial charge in [0.05, 0.1) is 18.7 Å². The Morgan fingerprint density at radius 2 is 2.18 bits per heavy atom. The molecule has 0 fully saturated rings. The predicted molar refractivity (Wildman–Crippen MR) is 75.7 cm³/mol. The minimum Gasteiger partial charge on any atom is -0.368 e. The molecular formula is C13H17F3N4OS. The second kappa shape index (κ2) is 7.56. The molecule has 0 aliphatic heterocycles. The van der Waals surface area contributed by atoms with Gasteiger partial charge < -0.3 is 5.73 Å². The van der Waals surface area contributed by atoms with Gasteiger partial charge in [-0.25, -0.2) is 4.98 Å². The van der Waals surface area contributed by atoms with E-state index in [1.807, 2.05) is 0 Å². The van der Waals surface area contributed by atoms with Crippen molar-refractivity contribution in [3.8, 4) is 6.07 Å². The van der Waals surface area contributed by atoms with E-state index in [-0.39, 0.29) is 17.3 Å². The molecule has 0 saturated heterocycles. The van der Waals surface area contributed by atoms with E-state index in [4.69, 9.17) is 11.0 Å². The summed E-state index contributed by atoms with van der Waals surface area (Å²) in [6, 6.07) is -1.62. The number of alkyl halides is 3. The summed E-state index contributed by atoms with van der Waals surface area (Å²) < 4.78 is 40.4. The van der Waals surface area contributed by atoms with Crippen LogP contribution in [0.4, 0.5) is 13.2 Å². The quantitative estimate of drug-likeness (QED) is 0.777. The summed E-state index contributed by atoms with van der Waals surface area (Å²) in [7, 11) is 0. The van der Waals surface area contributed by atoms with Crippen LogP contribution in [0.3, 0.4) is 0 Å². The molecule has 0 unspecified atom stereocenters. The molecule has 22 heavy (non-hydrogen) atoms. The first-order valence-corrected chi connectivity index (χ1v) is 7.44. The number of hydrogen-bond acceptors (Lipinski definition) is 5. The normalized spacial score (nSPS) is 14.8. The van der Waals surface area contributed by atoms with Gasteiger partial charge in [0, 0.05) is 11.6 Å². The van der Waals surface area contributed by atoms with Crippen LogP contribution >= 0.6 is 11.3 Å². The van der Waals surface area contributed by atoms with E-state index in [0.717, 1.165) is 16.2 Å². The number of aromatic nitrogens is 1. The number of amides is 1. The van der Waals surface area contributed by atoms with Crippen molar-refractivity contribution in [3.05, 3.63) is 16.6 Å². The van der Waals surface area contributed by atoms with E-state index in [1.54, 1.807) is 19.9 Å². The first-order valence-electron chi connectivity index (χ1n) is 6.56. The second-order valence-corrected chi connectivity index (χ2v) is 6.12. The van der Waals surface area contributed by atoms with Gasteiger partial charge in [-0.3, -0.25) is 9.69 Å². The van der Waals surface area contributed by atoms with Crippen LogP contribution in [0.1, 0.15) is 31.3 Å². The number of rotatable bonds is 7. The van der Waals surface area contributed by atoms with Gasteiger partial charge in [-0.2, -0.15) is 18.4 Å². The van der Waals surface area contributed by atoms with E-state index >= 15 is 0 Å². The summed E-state index contributed by atoms with van der Waals surface area (Å²) in [5.41, 5.74) is 5.28. The second-order valence-electron chi connectivity index (χ2n) is 5.19. The third-order valence-corrected chi connectivity index (χ3v) is 3.83. The minimum atomic E-state index is -4.67. The molecule has 5 nitrogen and oxygen atoms in total. The van der Waals surface area contributed by atoms with Crippen LogP contribution in [0.5, 0.6) is 0 Å². The molecule has 0 radical (unpaired) electrons. The number of hydrogen-bond donors (Lipinski definition) is 1. The van der Waals surface area contributed by atoms with Crippen molar-refractivity contribution in [2.75, 3.05) is 6.54 Å². The van der Waals surface area contributed by atoms with Gasteiger partial charge in [0.1, 0.15) is 5.01 Å². The summed E-state index contributed by atoms with van der Waals surface area (Å²) in [4.78, 5) is 16.1. The van der Waals surface area contributed by atoms with Crippen molar-refractivity contribution in [2.45, 2.75) is 38.5 Å². The molecule has 1 aromatic heterocycles. The zero-order chi connectivity index (χ0) is 16.9. The van der Waals surface area contributed by atoms with Crippen LogP contribution in [0, 0.1) is 17.2 Å². The summed E-state index contributed by atoms with van der Waals surface area (Å²) in [6.07, 6.45) is -3.28. The Labute approximate surface area is 130 Å². The number of nitriles is 1. The lowest BCUT2D eigenvalue weighted by Gasteiger charge is -2.35. The third-order valence-electron chi connectivity index (χ3n) is 3.00. The average Bonchev–Trinajstić information content (AvgIpc) is 2.86. The molecule has 1 heterocycles. The molecule has 2 atom stereocenters. The van der Waals surface area contributed by atoms with Crippen LogP contribution in [0.25, 0.3) is 0 Å². The van der Waals surface area contributed by atoms with Gasteiger partial charge in [0.2, 0.25) is 5.91 Å². The molecule has 1 rings (SSSR count). The Morgan fingerprint density at radius 3 is 2.55 bits per heavy atom. The van der Waals surface area contributed by atoms with Crippen LogP contribution in [-0.4, -0.2) is 34.6 Å². The van der Waals surface area contributed by atoms with Gasteiger partial charge in [0.15, 0.2) is 6.04 Å². The van der Waals surface area contributed by atoms with Gasteiger partial charge >= 0.3 is 6.18 Å². The molecule has 0 aromatic carbocycles. The maximum atomic E-state index is 13.5.